The molecule has 1 unspecified atom stereocenters. The van der Waals surface area contributed by atoms with Crippen LogP contribution in [0.15, 0.2) is 89.2 Å². The molecule has 0 amide bonds. The number of benzene rings is 2. The van der Waals surface area contributed by atoms with Gasteiger partial charge in [-0.25, -0.2) is 8.78 Å². The number of hydrogen-bond donors (Lipinski definition) is 1. The van der Waals surface area contributed by atoms with Gasteiger partial charge in [-0.2, -0.15) is 0 Å². The lowest BCUT2D eigenvalue weighted by molar-refractivity contribution is 0.380. The van der Waals surface area contributed by atoms with Crippen LogP contribution in [0.1, 0.15) is 12.2 Å². The first-order valence-electron chi connectivity index (χ1n) is 10.3. The highest BCUT2D eigenvalue weighted by Crippen LogP contribution is 2.36. The number of pyridine rings is 1. The maximum absolute atomic E-state index is 13.5. The van der Waals surface area contributed by atoms with E-state index in [4.69, 9.17) is 14.9 Å². The first kappa shape index (κ1) is 20.2. The van der Waals surface area contributed by atoms with Crippen molar-refractivity contribution in [1.82, 2.24) is 4.98 Å². The number of alkyl halides is 1. The van der Waals surface area contributed by atoms with E-state index >= 15 is 0 Å². The van der Waals surface area contributed by atoms with Crippen LogP contribution in [-0.2, 0) is 6.54 Å². The van der Waals surface area contributed by atoms with Gasteiger partial charge in [-0.3, -0.25) is 4.98 Å². The Kier molecular flexibility index (Phi) is 5.29. The fourth-order valence-corrected chi connectivity index (χ4v) is 3.70. The summed E-state index contributed by atoms with van der Waals surface area (Å²) in [4.78, 5) is 4.55. The average molecular weight is 430 g/mol. The number of rotatable bonds is 5. The van der Waals surface area contributed by atoms with Crippen molar-refractivity contribution in [3.8, 4) is 28.1 Å². The molecule has 2 aromatic heterocycles. The van der Waals surface area contributed by atoms with Gasteiger partial charge in [-0.05, 0) is 66.3 Å². The van der Waals surface area contributed by atoms with Crippen molar-refractivity contribution >= 4 is 11.0 Å². The fourth-order valence-electron chi connectivity index (χ4n) is 3.70. The second kappa shape index (κ2) is 8.40. The second-order valence-corrected chi connectivity index (χ2v) is 7.56. The quantitative estimate of drug-likeness (QED) is 0.402. The van der Waals surface area contributed by atoms with Crippen molar-refractivity contribution in [3.63, 3.8) is 0 Å². The minimum atomic E-state index is -0.962. The van der Waals surface area contributed by atoms with Gasteiger partial charge in [-0.15, -0.1) is 0 Å². The number of allylic oxidation sites excluding steroid dienone is 3. The molecule has 4 nitrogen and oxygen atoms in total. The van der Waals surface area contributed by atoms with Crippen molar-refractivity contribution in [2.24, 2.45) is 5.73 Å². The Balaban J connectivity index is 1.51. The van der Waals surface area contributed by atoms with E-state index < -0.39 is 6.17 Å². The summed E-state index contributed by atoms with van der Waals surface area (Å²) >= 11 is 0. The molecule has 2 N–H and O–H groups in total. The zero-order valence-electron chi connectivity index (χ0n) is 17.1. The van der Waals surface area contributed by atoms with Gasteiger partial charge in [0.1, 0.15) is 34.8 Å². The lowest BCUT2D eigenvalue weighted by Gasteiger charge is -2.12. The second-order valence-electron chi connectivity index (χ2n) is 7.56. The molecule has 0 saturated carbocycles. The third-order valence-corrected chi connectivity index (χ3v) is 5.31. The van der Waals surface area contributed by atoms with E-state index in [1.54, 1.807) is 30.5 Å². The van der Waals surface area contributed by atoms with E-state index in [1.807, 2.05) is 30.3 Å². The normalized spacial score (nSPS) is 15.7. The molecule has 0 aliphatic heterocycles. The number of nitrogens with zero attached hydrogens (tertiary/aromatic N) is 1. The Morgan fingerprint density at radius 1 is 1.06 bits per heavy atom. The summed E-state index contributed by atoms with van der Waals surface area (Å²) in [6.45, 7) is 0.282. The van der Waals surface area contributed by atoms with Crippen molar-refractivity contribution in [2.45, 2.75) is 19.1 Å². The SMILES string of the molecule is NCc1cc2cc(-c3ccc(OC4=CCC(F)C=C4)cn3)cc(-c3ccc(F)cc3)c2o1. The minimum Gasteiger partial charge on any atom is -0.459 e. The standard InChI is InChI=1S/C26H20F2N2O2/c27-19-3-1-16(2-4-19)24-13-17(11-18-12-23(14-29)32-26(18)24)25-10-9-22(15-30-25)31-21-7-5-20(28)6-8-21/h1-5,7-13,15,20H,6,14,29H2. The van der Waals surface area contributed by atoms with Crippen LogP contribution >= 0.6 is 0 Å². The van der Waals surface area contributed by atoms with Gasteiger partial charge in [0.2, 0.25) is 0 Å². The van der Waals surface area contributed by atoms with Crippen LogP contribution in [0.4, 0.5) is 8.78 Å². The molecule has 0 spiro atoms. The number of hydrogen-bond acceptors (Lipinski definition) is 4. The Hall–Kier alpha value is -3.77. The number of fused-ring (bicyclic) bond motifs is 1. The highest BCUT2D eigenvalue weighted by molar-refractivity contribution is 5.96. The lowest BCUT2D eigenvalue weighted by atomic mass is 9.98. The van der Waals surface area contributed by atoms with Crippen LogP contribution in [0.3, 0.4) is 0 Å². The molecule has 0 saturated heterocycles. The van der Waals surface area contributed by atoms with Crippen LogP contribution in [0, 0.1) is 5.82 Å². The molecule has 2 aromatic carbocycles. The summed E-state index contributed by atoms with van der Waals surface area (Å²) in [7, 11) is 0. The third kappa shape index (κ3) is 4.05. The van der Waals surface area contributed by atoms with E-state index in [0.717, 1.165) is 27.8 Å². The Labute approximate surface area is 183 Å². The summed E-state index contributed by atoms with van der Waals surface area (Å²) in [6.07, 6.45) is 5.79. The predicted octanol–water partition coefficient (Wildman–Crippen LogP) is 6.32. The first-order chi connectivity index (χ1) is 15.6. The van der Waals surface area contributed by atoms with Gasteiger partial charge in [0.15, 0.2) is 0 Å². The molecular formula is C26H20F2N2O2. The van der Waals surface area contributed by atoms with Crippen LogP contribution in [0.25, 0.3) is 33.4 Å². The molecule has 5 rings (SSSR count). The summed E-state index contributed by atoms with van der Waals surface area (Å²) in [6, 6.07) is 15.8. The Bertz CT molecular complexity index is 1320. The smallest absolute Gasteiger partial charge is 0.145 e. The van der Waals surface area contributed by atoms with Crippen LogP contribution in [0.5, 0.6) is 5.75 Å². The average Bonchev–Trinajstić information content (AvgIpc) is 3.24. The maximum Gasteiger partial charge on any atom is 0.145 e. The summed E-state index contributed by atoms with van der Waals surface area (Å²) in [5.74, 6) is 1.53. The Morgan fingerprint density at radius 3 is 2.59 bits per heavy atom. The topological polar surface area (TPSA) is 61.3 Å². The fraction of sp³-hybridized carbons (Fsp3) is 0.115. The predicted molar refractivity (Wildman–Crippen MR) is 120 cm³/mol. The molecule has 2 heterocycles. The van der Waals surface area contributed by atoms with Gasteiger partial charge in [0.25, 0.3) is 0 Å². The molecule has 1 aliphatic rings. The molecule has 4 aromatic rings. The van der Waals surface area contributed by atoms with E-state index in [0.29, 0.717) is 29.3 Å². The van der Waals surface area contributed by atoms with Gasteiger partial charge < -0.3 is 14.9 Å². The molecule has 6 heteroatoms. The van der Waals surface area contributed by atoms with Gasteiger partial charge in [-0.1, -0.05) is 12.1 Å². The molecule has 0 bridgehead atoms. The zero-order chi connectivity index (χ0) is 22.1. The largest absolute Gasteiger partial charge is 0.459 e. The number of ether oxygens (including phenoxy) is 1. The number of halogens is 2. The first-order valence-corrected chi connectivity index (χ1v) is 10.3. The highest BCUT2D eigenvalue weighted by atomic mass is 19.1. The monoisotopic (exact) mass is 430 g/mol. The number of furan rings is 1. The summed E-state index contributed by atoms with van der Waals surface area (Å²) < 4.78 is 38.4. The van der Waals surface area contributed by atoms with Gasteiger partial charge in [0, 0.05) is 22.9 Å². The molecule has 1 aliphatic carbocycles. The third-order valence-electron chi connectivity index (χ3n) is 5.31. The van der Waals surface area contributed by atoms with Crippen molar-refractivity contribution in [3.05, 3.63) is 96.4 Å². The molecule has 32 heavy (non-hydrogen) atoms. The summed E-state index contributed by atoms with van der Waals surface area (Å²) in [5, 5.41) is 0.891. The van der Waals surface area contributed by atoms with E-state index in [9.17, 15) is 8.78 Å². The Morgan fingerprint density at radius 2 is 1.91 bits per heavy atom. The summed E-state index contributed by atoms with van der Waals surface area (Å²) in [5.41, 5.74) is 9.76. The van der Waals surface area contributed by atoms with Crippen molar-refractivity contribution in [1.29, 1.82) is 0 Å². The minimum absolute atomic E-state index is 0.282. The molecule has 1 atom stereocenters. The van der Waals surface area contributed by atoms with Crippen molar-refractivity contribution in [2.75, 3.05) is 0 Å². The van der Waals surface area contributed by atoms with Crippen molar-refractivity contribution < 1.29 is 17.9 Å². The van der Waals surface area contributed by atoms with Crippen LogP contribution in [-0.4, -0.2) is 11.2 Å². The van der Waals surface area contributed by atoms with E-state index in [2.05, 4.69) is 4.98 Å². The van der Waals surface area contributed by atoms with E-state index in [-0.39, 0.29) is 12.4 Å². The molecule has 0 fully saturated rings. The molecule has 0 radical (unpaired) electrons. The molecule has 160 valence electrons. The highest BCUT2D eigenvalue weighted by Gasteiger charge is 2.14. The zero-order valence-corrected chi connectivity index (χ0v) is 17.1. The number of nitrogens with two attached hydrogens (primary N) is 1. The van der Waals surface area contributed by atoms with Crippen LogP contribution in [0.2, 0.25) is 0 Å². The van der Waals surface area contributed by atoms with Crippen LogP contribution < -0.4 is 10.5 Å². The molecular weight excluding hydrogens is 410 g/mol. The maximum atomic E-state index is 13.5. The van der Waals surface area contributed by atoms with Gasteiger partial charge in [0.05, 0.1) is 18.4 Å². The van der Waals surface area contributed by atoms with E-state index in [1.165, 1.54) is 18.2 Å². The lowest BCUT2D eigenvalue weighted by Crippen LogP contribution is -2.02. The number of aromatic nitrogens is 1. The van der Waals surface area contributed by atoms with Gasteiger partial charge >= 0.3 is 0 Å².